The first-order chi connectivity index (χ1) is 6.53. The SMILES string of the molecule is C#CC1=C(C=NC(C)(C)C)CCCC1. The highest BCUT2D eigenvalue weighted by atomic mass is 14.8. The third-order valence-electron chi connectivity index (χ3n) is 2.29. The summed E-state index contributed by atoms with van der Waals surface area (Å²) in [4.78, 5) is 4.50. The summed E-state index contributed by atoms with van der Waals surface area (Å²) >= 11 is 0. The average Bonchev–Trinajstić information content (AvgIpc) is 2.14. The molecule has 0 bridgehead atoms. The van der Waals surface area contributed by atoms with Crippen molar-refractivity contribution in [3.63, 3.8) is 0 Å². The van der Waals surface area contributed by atoms with E-state index in [2.05, 4.69) is 31.7 Å². The lowest BCUT2D eigenvalue weighted by atomic mass is 9.92. The van der Waals surface area contributed by atoms with Gasteiger partial charge in [0.2, 0.25) is 0 Å². The minimum atomic E-state index is 0.00412. The fourth-order valence-electron chi connectivity index (χ4n) is 1.51. The molecule has 0 fully saturated rings. The van der Waals surface area contributed by atoms with E-state index < -0.39 is 0 Å². The Morgan fingerprint density at radius 3 is 2.50 bits per heavy atom. The van der Waals surface area contributed by atoms with E-state index in [-0.39, 0.29) is 5.54 Å². The minimum absolute atomic E-state index is 0.00412. The molecular weight excluding hydrogens is 170 g/mol. The Balaban J connectivity index is 2.81. The molecule has 0 saturated carbocycles. The van der Waals surface area contributed by atoms with Crippen LogP contribution in [-0.2, 0) is 0 Å². The lowest BCUT2D eigenvalue weighted by Crippen LogP contribution is -2.11. The standard InChI is InChI=1S/C13H19N/c1-5-11-8-6-7-9-12(11)10-14-13(2,3)4/h1,10H,6-9H2,2-4H3. The number of hydrogen-bond donors (Lipinski definition) is 0. The monoisotopic (exact) mass is 189 g/mol. The van der Waals surface area contributed by atoms with Crippen molar-refractivity contribution in [1.82, 2.24) is 0 Å². The van der Waals surface area contributed by atoms with Crippen LogP contribution in [0.1, 0.15) is 46.5 Å². The first-order valence-corrected chi connectivity index (χ1v) is 5.27. The van der Waals surface area contributed by atoms with Gasteiger partial charge in [-0.05, 0) is 52.0 Å². The maximum Gasteiger partial charge on any atom is 0.0524 e. The third kappa shape index (κ3) is 3.38. The van der Waals surface area contributed by atoms with Crippen molar-refractivity contribution in [2.75, 3.05) is 0 Å². The summed E-state index contributed by atoms with van der Waals surface area (Å²) in [6.07, 6.45) is 12.1. The van der Waals surface area contributed by atoms with Crippen molar-refractivity contribution in [2.24, 2.45) is 4.99 Å². The molecule has 0 unspecified atom stereocenters. The summed E-state index contributed by atoms with van der Waals surface area (Å²) in [5.41, 5.74) is 2.43. The molecule has 0 spiro atoms. The molecule has 1 aliphatic rings. The zero-order valence-electron chi connectivity index (χ0n) is 9.43. The molecule has 0 aromatic carbocycles. The van der Waals surface area contributed by atoms with Gasteiger partial charge in [-0.2, -0.15) is 0 Å². The Hall–Kier alpha value is -1.03. The van der Waals surface area contributed by atoms with Crippen LogP contribution >= 0.6 is 0 Å². The van der Waals surface area contributed by atoms with E-state index in [0.29, 0.717) is 0 Å². The van der Waals surface area contributed by atoms with E-state index in [9.17, 15) is 0 Å². The summed E-state index contributed by atoms with van der Waals surface area (Å²) < 4.78 is 0. The molecule has 76 valence electrons. The number of allylic oxidation sites excluding steroid dienone is 2. The zero-order chi connectivity index (χ0) is 10.6. The molecule has 0 saturated heterocycles. The number of aliphatic imine (C=N–C) groups is 1. The molecule has 0 aliphatic heterocycles. The summed E-state index contributed by atoms with van der Waals surface area (Å²) in [7, 11) is 0. The van der Waals surface area contributed by atoms with Crippen LogP contribution in [0, 0.1) is 12.3 Å². The summed E-state index contributed by atoms with van der Waals surface area (Å²) in [5, 5.41) is 0. The Kier molecular flexibility index (Phi) is 3.52. The normalized spacial score (nSPS) is 18.7. The second-order valence-electron chi connectivity index (χ2n) is 4.78. The van der Waals surface area contributed by atoms with E-state index >= 15 is 0 Å². The maximum atomic E-state index is 5.46. The fraction of sp³-hybridized carbons (Fsp3) is 0.615. The number of terminal acetylenes is 1. The van der Waals surface area contributed by atoms with E-state index in [1.807, 2.05) is 6.21 Å². The van der Waals surface area contributed by atoms with Crippen molar-refractivity contribution in [2.45, 2.75) is 52.0 Å². The smallest absolute Gasteiger partial charge is 0.0524 e. The average molecular weight is 189 g/mol. The van der Waals surface area contributed by atoms with Gasteiger partial charge in [-0.3, -0.25) is 4.99 Å². The largest absolute Gasteiger partial charge is 0.287 e. The Morgan fingerprint density at radius 2 is 1.93 bits per heavy atom. The minimum Gasteiger partial charge on any atom is -0.287 e. The van der Waals surface area contributed by atoms with Crippen molar-refractivity contribution in [1.29, 1.82) is 0 Å². The van der Waals surface area contributed by atoms with E-state index in [1.54, 1.807) is 0 Å². The first-order valence-electron chi connectivity index (χ1n) is 5.27. The Bertz CT molecular complexity index is 294. The van der Waals surface area contributed by atoms with Crippen molar-refractivity contribution >= 4 is 6.21 Å². The van der Waals surface area contributed by atoms with E-state index in [4.69, 9.17) is 6.42 Å². The Morgan fingerprint density at radius 1 is 1.29 bits per heavy atom. The van der Waals surface area contributed by atoms with Gasteiger partial charge in [0.15, 0.2) is 0 Å². The van der Waals surface area contributed by atoms with Crippen LogP contribution in [0.15, 0.2) is 16.1 Å². The van der Waals surface area contributed by atoms with Gasteiger partial charge in [-0.25, -0.2) is 0 Å². The predicted octanol–water partition coefficient (Wildman–Crippen LogP) is 3.36. The summed E-state index contributed by atoms with van der Waals surface area (Å²) in [6, 6.07) is 0. The molecule has 0 heterocycles. The highest BCUT2D eigenvalue weighted by Crippen LogP contribution is 2.23. The van der Waals surface area contributed by atoms with Crippen molar-refractivity contribution in [3.05, 3.63) is 11.1 Å². The summed E-state index contributed by atoms with van der Waals surface area (Å²) in [5.74, 6) is 2.78. The van der Waals surface area contributed by atoms with Gasteiger partial charge in [0.05, 0.1) is 5.54 Å². The second-order valence-corrected chi connectivity index (χ2v) is 4.78. The van der Waals surface area contributed by atoms with Crippen LogP contribution in [0.3, 0.4) is 0 Å². The molecule has 0 N–H and O–H groups in total. The van der Waals surface area contributed by atoms with Crippen LogP contribution in [0.4, 0.5) is 0 Å². The fourth-order valence-corrected chi connectivity index (χ4v) is 1.51. The Labute approximate surface area is 87.3 Å². The highest BCUT2D eigenvalue weighted by molar-refractivity contribution is 5.81. The molecule has 1 heteroatoms. The molecule has 1 nitrogen and oxygen atoms in total. The number of rotatable bonds is 1. The summed E-state index contributed by atoms with van der Waals surface area (Å²) in [6.45, 7) is 6.30. The van der Waals surface area contributed by atoms with Crippen LogP contribution in [-0.4, -0.2) is 11.8 Å². The van der Waals surface area contributed by atoms with Crippen LogP contribution < -0.4 is 0 Å². The quantitative estimate of drug-likeness (QED) is 0.443. The topological polar surface area (TPSA) is 12.4 Å². The molecule has 0 aromatic heterocycles. The van der Waals surface area contributed by atoms with Crippen molar-refractivity contribution < 1.29 is 0 Å². The van der Waals surface area contributed by atoms with Gasteiger partial charge >= 0.3 is 0 Å². The lowest BCUT2D eigenvalue weighted by Gasteiger charge is -2.16. The van der Waals surface area contributed by atoms with Gasteiger partial charge in [0.25, 0.3) is 0 Å². The van der Waals surface area contributed by atoms with Gasteiger partial charge in [-0.15, -0.1) is 6.42 Å². The predicted molar refractivity (Wildman–Crippen MR) is 62.6 cm³/mol. The lowest BCUT2D eigenvalue weighted by molar-refractivity contribution is 0.585. The maximum absolute atomic E-state index is 5.46. The van der Waals surface area contributed by atoms with Crippen LogP contribution in [0.2, 0.25) is 0 Å². The van der Waals surface area contributed by atoms with Gasteiger partial charge in [0.1, 0.15) is 0 Å². The van der Waals surface area contributed by atoms with Gasteiger partial charge < -0.3 is 0 Å². The van der Waals surface area contributed by atoms with E-state index in [1.165, 1.54) is 18.4 Å². The molecule has 1 rings (SSSR count). The van der Waals surface area contributed by atoms with Gasteiger partial charge in [-0.1, -0.05) is 5.92 Å². The first kappa shape index (κ1) is 11.0. The van der Waals surface area contributed by atoms with Crippen LogP contribution in [0.25, 0.3) is 0 Å². The zero-order valence-corrected chi connectivity index (χ0v) is 9.43. The molecule has 0 aromatic rings. The molecule has 1 aliphatic carbocycles. The molecule has 0 radical (unpaired) electrons. The number of hydrogen-bond acceptors (Lipinski definition) is 1. The molecular formula is C13H19N. The number of nitrogens with zero attached hydrogens (tertiary/aromatic N) is 1. The third-order valence-corrected chi connectivity index (χ3v) is 2.29. The molecule has 0 amide bonds. The van der Waals surface area contributed by atoms with E-state index in [0.717, 1.165) is 18.4 Å². The highest BCUT2D eigenvalue weighted by Gasteiger charge is 2.11. The van der Waals surface area contributed by atoms with Gasteiger partial charge in [0, 0.05) is 11.8 Å². The molecule has 14 heavy (non-hydrogen) atoms. The molecule has 0 atom stereocenters. The second kappa shape index (κ2) is 4.46. The van der Waals surface area contributed by atoms with Crippen molar-refractivity contribution in [3.8, 4) is 12.3 Å². The van der Waals surface area contributed by atoms with Crippen LogP contribution in [0.5, 0.6) is 0 Å².